The Bertz CT molecular complexity index is 880. The highest BCUT2D eigenvalue weighted by molar-refractivity contribution is 7.99. The molecule has 2 aromatic rings. The Balaban J connectivity index is 1.68. The standard InChI is InChI=1S/C26H33ClN2O2S/c1-3-24(26(31)28-23-6-4-5-7-23)29(16-20-12-14-22(27)15-13-20)25(30)18-32-17-21-10-8-19(2)9-11-21/h8-15,23-24H,3-7,16-18H2,1-2H3,(H,28,31). The van der Waals surface area contributed by atoms with Gasteiger partial charge in [0, 0.05) is 23.4 Å². The number of thioether (sulfide) groups is 1. The number of carbonyl (C=O) groups excluding carboxylic acids is 2. The molecule has 6 heteroatoms. The quantitative estimate of drug-likeness (QED) is 0.479. The maximum Gasteiger partial charge on any atom is 0.243 e. The van der Waals surface area contributed by atoms with Crippen LogP contribution in [0.1, 0.15) is 55.7 Å². The number of aryl methyl sites for hydroxylation is 1. The highest BCUT2D eigenvalue weighted by Gasteiger charge is 2.30. The number of nitrogens with zero attached hydrogens (tertiary/aromatic N) is 1. The summed E-state index contributed by atoms with van der Waals surface area (Å²) in [5, 5.41) is 3.85. The highest BCUT2D eigenvalue weighted by atomic mass is 35.5. The first-order valence-electron chi connectivity index (χ1n) is 11.4. The number of nitrogens with one attached hydrogen (secondary N) is 1. The second-order valence-corrected chi connectivity index (χ2v) is 9.96. The SMILES string of the molecule is CCC(C(=O)NC1CCCC1)N(Cc1ccc(Cl)cc1)C(=O)CSCc1ccc(C)cc1. The Morgan fingerprint density at radius 3 is 2.31 bits per heavy atom. The number of benzene rings is 2. The third-order valence-electron chi connectivity index (χ3n) is 5.97. The van der Waals surface area contributed by atoms with E-state index in [0.29, 0.717) is 23.7 Å². The van der Waals surface area contributed by atoms with Gasteiger partial charge in [-0.3, -0.25) is 9.59 Å². The first kappa shape index (κ1) is 24.7. The molecule has 2 amide bonds. The molecule has 172 valence electrons. The van der Waals surface area contributed by atoms with E-state index < -0.39 is 6.04 Å². The number of hydrogen-bond donors (Lipinski definition) is 1. The molecule has 4 nitrogen and oxygen atoms in total. The van der Waals surface area contributed by atoms with Gasteiger partial charge < -0.3 is 10.2 Å². The zero-order valence-electron chi connectivity index (χ0n) is 19.0. The van der Waals surface area contributed by atoms with Crippen LogP contribution >= 0.6 is 23.4 Å². The van der Waals surface area contributed by atoms with Crippen LogP contribution in [0.25, 0.3) is 0 Å². The van der Waals surface area contributed by atoms with Gasteiger partial charge >= 0.3 is 0 Å². The van der Waals surface area contributed by atoms with Crippen molar-refractivity contribution in [2.75, 3.05) is 5.75 Å². The molecule has 0 radical (unpaired) electrons. The minimum atomic E-state index is -0.473. The topological polar surface area (TPSA) is 49.4 Å². The summed E-state index contributed by atoms with van der Waals surface area (Å²) in [5.74, 6) is 1.07. The average Bonchev–Trinajstić information content (AvgIpc) is 3.29. The molecule has 0 aromatic heterocycles. The van der Waals surface area contributed by atoms with Gasteiger partial charge in [0.1, 0.15) is 6.04 Å². The molecule has 0 bridgehead atoms. The summed E-state index contributed by atoms with van der Waals surface area (Å²) in [6.45, 7) is 4.44. The highest BCUT2D eigenvalue weighted by Crippen LogP contribution is 2.21. The average molecular weight is 473 g/mol. The Labute approximate surface area is 201 Å². The molecule has 1 aliphatic carbocycles. The molecular weight excluding hydrogens is 440 g/mol. The van der Waals surface area contributed by atoms with Gasteiger partial charge in [0.25, 0.3) is 0 Å². The van der Waals surface area contributed by atoms with Crippen LogP contribution in [0.15, 0.2) is 48.5 Å². The lowest BCUT2D eigenvalue weighted by molar-refractivity contribution is -0.139. The summed E-state index contributed by atoms with van der Waals surface area (Å²) in [4.78, 5) is 28.2. The molecule has 3 rings (SSSR count). The molecule has 1 unspecified atom stereocenters. The molecule has 1 saturated carbocycles. The summed E-state index contributed by atoms with van der Waals surface area (Å²) in [6.07, 6.45) is 4.95. The summed E-state index contributed by atoms with van der Waals surface area (Å²) in [6, 6.07) is 15.6. The molecule has 0 aliphatic heterocycles. The second-order valence-electron chi connectivity index (χ2n) is 8.54. The number of halogens is 1. The summed E-state index contributed by atoms with van der Waals surface area (Å²) in [7, 11) is 0. The third-order valence-corrected chi connectivity index (χ3v) is 7.21. The van der Waals surface area contributed by atoms with Crippen molar-refractivity contribution in [3.05, 3.63) is 70.2 Å². The maximum absolute atomic E-state index is 13.3. The zero-order valence-corrected chi connectivity index (χ0v) is 20.6. The number of hydrogen-bond acceptors (Lipinski definition) is 3. The first-order valence-corrected chi connectivity index (χ1v) is 13.0. The van der Waals surface area contributed by atoms with E-state index in [1.165, 1.54) is 11.1 Å². The number of amides is 2. The summed E-state index contributed by atoms with van der Waals surface area (Å²) in [5.41, 5.74) is 3.39. The van der Waals surface area contributed by atoms with Crippen LogP contribution in [0.4, 0.5) is 0 Å². The van der Waals surface area contributed by atoms with E-state index >= 15 is 0 Å². The molecule has 1 N–H and O–H groups in total. The van der Waals surface area contributed by atoms with Crippen LogP contribution in [-0.2, 0) is 21.9 Å². The van der Waals surface area contributed by atoms with Gasteiger partial charge in [0.15, 0.2) is 0 Å². The predicted octanol–water partition coefficient (Wildman–Crippen LogP) is 5.75. The van der Waals surface area contributed by atoms with Crippen molar-refractivity contribution in [2.45, 2.75) is 70.3 Å². The Morgan fingerprint density at radius 2 is 1.69 bits per heavy atom. The normalized spacial score (nSPS) is 14.8. The van der Waals surface area contributed by atoms with Gasteiger partial charge in [0.2, 0.25) is 11.8 Å². The monoisotopic (exact) mass is 472 g/mol. The summed E-state index contributed by atoms with van der Waals surface area (Å²) >= 11 is 7.62. The van der Waals surface area contributed by atoms with Gasteiger partial charge in [-0.25, -0.2) is 0 Å². The van der Waals surface area contributed by atoms with Crippen LogP contribution < -0.4 is 5.32 Å². The van der Waals surface area contributed by atoms with Crippen LogP contribution in [-0.4, -0.2) is 34.6 Å². The van der Waals surface area contributed by atoms with E-state index in [-0.39, 0.29) is 17.9 Å². The zero-order chi connectivity index (χ0) is 22.9. The second kappa shape index (κ2) is 12.3. The third kappa shape index (κ3) is 7.28. The lowest BCUT2D eigenvalue weighted by Gasteiger charge is -2.31. The lowest BCUT2D eigenvalue weighted by Crippen LogP contribution is -2.51. The molecule has 0 heterocycles. The van der Waals surface area contributed by atoms with Crippen molar-refractivity contribution in [2.24, 2.45) is 0 Å². The minimum absolute atomic E-state index is 0.00881. The summed E-state index contributed by atoms with van der Waals surface area (Å²) < 4.78 is 0. The van der Waals surface area contributed by atoms with Gasteiger partial charge in [-0.2, -0.15) is 0 Å². The van der Waals surface area contributed by atoms with E-state index in [4.69, 9.17) is 11.6 Å². The molecule has 32 heavy (non-hydrogen) atoms. The fourth-order valence-electron chi connectivity index (χ4n) is 4.10. The Hall–Kier alpha value is -1.98. The first-order chi connectivity index (χ1) is 15.5. The molecule has 1 fully saturated rings. The molecular formula is C26H33ClN2O2S. The van der Waals surface area contributed by atoms with Crippen molar-refractivity contribution in [3.8, 4) is 0 Å². The van der Waals surface area contributed by atoms with Gasteiger partial charge in [-0.15, -0.1) is 11.8 Å². The molecule has 2 aromatic carbocycles. The van der Waals surface area contributed by atoms with E-state index in [2.05, 4.69) is 36.5 Å². The van der Waals surface area contributed by atoms with Crippen LogP contribution in [0.5, 0.6) is 0 Å². The van der Waals surface area contributed by atoms with E-state index in [9.17, 15) is 9.59 Å². The van der Waals surface area contributed by atoms with Crippen LogP contribution in [0, 0.1) is 6.92 Å². The predicted molar refractivity (Wildman–Crippen MR) is 134 cm³/mol. The molecule has 1 atom stereocenters. The number of rotatable bonds is 10. The van der Waals surface area contributed by atoms with Gasteiger partial charge in [-0.05, 0) is 49.4 Å². The molecule has 0 saturated heterocycles. The molecule has 1 aliphatic rings. The van der Waals surface area contributed by atoms with Crippen molar-refractivity contribution < 1.29 is 9.59 Å². The lowest BCUT2D eigenvalue weighted by atomic mass is 10.1. The minimum Gasteiger partial charge on any atom is -0.352 e. The fraction of sp³-hybridized carbons (Fsp3) is 0.462. The van der Waals surface area contributed by atoms with Crippen LogP contribution in [0.3, 0.4) is 0 Å². The number of carbonyl (C=O) groups is 2. The molecule has 0 spiro atoms. The van der Waals surface area contributed by atoms with E-state index in [1.54, 1.807) is 16.7 Å². The Morgan fingerprint density at radius 1 is 1.06 bits per heavy atom. The van der Waals surface area contributed by atoms with Crippen LogP contribution in [0.2, 0.25) is 5.02 Å². The van der Waals surface area contributed by atoms with Crippen molar-refractivity contribution in [1.82, 2.24) is 10.2 Å². The largest absolute Gasteiger partial charge is 0.352 e. The van der Waals surface area contributed by atoms with Crippen molar-refractivity contribution in [3.63, 3.8) is 0 Å². The van der Waals surface area contributed by atoms with Crippen molar-refractivity contribution in [1.29, 1.82) is 0 Å². The maximum atomic E-state index is 13.3. The fourth-order valence-corrected chi connectivity index (χ4v) is 5.09. The van der Waals surface area contributed by atoms with E-state index in [1.807, 2.05) is 31.2 Å². The Kier molecular flexibility index (Phi) is 9.49. The van der Waals surface area contributed by atoms with E-state index in [0.717, 1.165) is 37.0 Å². The van der Waals surface area contributed by atoms with Gasteiger partial charge in [-0.1, -0.05) is 73.3 Å². The smallest absolute Gasteiger partial charge is 0.243 e. The van der Waals surface area contributed by atoms with Crippen molar-refractivity contribution >= 4 is 35.2 Å². The van der Waals surface area contributed by atoms with Gasteiger partial charge in [0.05, 0.1) is 5.75 Å².